The van der Waals surface area contributed by atoms with Gasteiger partial charge in [0.15, 0.2) is 0 Å². The van der Waals surface area contributed by atoms with Crippen LogP contribution in [0.25, 0.3) is 0 Å². The van der Waals surface area contributed by atoms with Gasteiger partial charge in [-0.15, -0.1) is 0 Å². The normalized spacial score (nSPS) is 30.1. The molecule has 3 fully saturated rings. The quantitative estimate of drug-likeness (QED) is 0.819. The topological polar surface area (TPSA) is 78.3 Å². The maximum Gasteiger partial charge on any atom is 0.341 e. The highest BCUT2D eigenvalue weighted by atomic mass is 16.4. The largest absolute Gasteiger partial charge is 0.477 e. The Morgan fingerprint density at radius 2 is 2.22 bits per heavy atom. The molecule has 6 heteroatoms. The van der Waals surface area contributed by atoms with E-state index in [-0.39, 0.29) is 5.56 Å². The molecule has 3 aliphatic rings. The number of anilines is 1. The van der Waals surface area contributed by atoms with Gasteiger partial charge in [-0.3, -0.25) is 0 Å². The molecule has 2 bridgehead atoms. The molecular weight excluding hydrogens is 232 g/mol. The van der Waals surface area contributed by atoms with Crippen LogP contribution in [0.3, 0.4) is 0 Å². The lowest BCUT2D eigenvalue weighted by atomic mass is 9.84. The van der Waals surface area contributed by atoms with E-state index in [0.29, 0.717) is 17.8 Å². The molecule has 0 saturated carbocycles. The smallest absolute Gasteiger partial charge is 0.341 e. The summed E-state index contributed by atoms with van der Waals surface area (Å²) in [6, 6.07) is 0.306. The standard InChI is InChI=1S/C12H16N4O2/c17-12(18)9-5-13-7-14-11(9)15-10-6-16-3-1-8(10)2-4-16/h5,7-8,10H,1-4,6H2,(H,17,18)(H,13,14,15). The molecule has 3 aliphatic heterocycles. The van der Waals surface area contributed by atoms with Gasteiger partial charge in [-0.2, -0.15) is 0 Å². The lowest BCUT2D eigenvalue weighted by molar-refractivity contribution is 0.0696. The number of hydrogen-bond donors (Lipinski definition) is 2. The van der Waals surface area contributed by atoms with Crippen molar-refractivity contribution >= 4 is 11.8 Å². The van der Waals surface area contributed by atoms with Gasteiger partial charge in [-0.25, -0.2) is 14.8 Å². The Kier molecular flexibility index (Phi) is 2.87. The molecule has 0 spiro atoms. The first kappa shape index (κ1) is 11.4. The average Bonchev–Trinajstić information content (AvgIpc) is 2.40. The number of carboxylic acid groups (broad SMARTS) is 1. The van der Waals surface area contributed by atoms with Gasteiger partial charge < -0.3 is 15.3 Å². The van der Waals surface area contributed by atoms with E-state index in [9.17, 15) is 4.79 Å². The van der Waals surface area contributed by atoms with Gasteiger partial charge in [0.25, 0.3) is 0 Å². The predicted octanol–water partition coefficient (Wildman–Crippen LogP) is 0.681. The summed E-state index contributed by atoms with van der Waals surface area (Å²) in [5.41, 5.74) is 0.147. The van der Waals surface area contributed by atoms with E-state index in [0.717, 1.165) is 6.54 Å². The highest BCUT2D eigenvalue weighted by Crippen LogP contribution is 2.29. The Morgan fingerprint density at radius 3 is 2.83 bits per heavy atom. The second-order valence-corrected chi connectivity index (χ2v) is 4.98. The zero-order valence-corrected chi connectivity index (χ0v) is 10.0. The number of piperidine rings is 3. The molecule has 6 nitrogen and oxygen atoms in total. The van der Waals surface area contributed by atoms with Crippen molar-refractivity contribution in [3.05, 3.63) is 18.1 Å². The Morgan fingerprint density at radius 1 is 1.44 bits per heavy atom. The molecular formula is C12H16N4O2. The van der Waals surface area contributed by atoms with E-state index in [4.69, 9.17) is 5.11 Å². The van der Waals surface area contributed by atoms with Crippen molar-refractivity contribution in [3.8, 4) is 0 Å². The first-order valence-electron chi connectivity index (χ1n) is 6.26. The number of hydrogen-bond acceptors (Lipinski definition) is 5. The minimum Gasteiger partial charge on any atom is -0.477 e. The summed E-state index contributed by atoms with van der Waals surface area (Å²) in [6.45, 7) is 3.31. The van der Waals surface area contributed by atoms with E-state index >= 15 is 0 Å². The lowest BCUT2D eigenvalue weighted by Gasteiger charge is -2.45. The van der Waals surface area contributed by atoms with Crippen LogP contribution in [0.2, 0.25) is 0 Å². The van der Waals surface area contributed by atoms with Crippen LogP contribution in [0.4, 0.5) is 5.82 Å². The van der Waals surface area contributed by atoms with Crippen LogP contribution in [0.5, 0.6) is 0 Å². The SMILES string of the molecule is O=C(O)c1cncnc1NC1CN2CCC1CC2. The average molecular weight is 248 g/mol. The summed E-state index contributed by atoms with van der Waals surface area (Å²) in [5.74, 6) is 0.0854. The Balaban J connectivity index is 1.78. The second kappa shape index (κ2) is 4.53. The van der Waals surface area contributed by atoms with Crippen LogP contribution >= 0.6 is 0 Å². The first-order valence-corrected chi connectivity index (χ1v) is 6.26. The maximum absolute atomic E-state index is 11.1. The molecule has 1 atom stereocenters. The molecule has 96 valence electrons. The number of aromatic carboxylic acids is 1. The third kappa shape index (κ3) is 2.03. The minimum absolute atomic E-state index is 0.147. The minimum atomic E-state index is -0.987. The molecule has 3 saturated heterocycles. The van der Waals surface area contributed by atoms with Gasteiger partial charge in [-0.1, -0.05) is 0 Å². The number of carbonyl (C=O) groups is 1. The van der Waals surface area contributed by atoms with E-state index < -0.39 is 5.97 Å². The summed E-state index contributed by atoms with van der Waals surface area (Å²) in [4.78, 5) is 21.3. The van der Waals surface area contributed by atoms with E-state index in [2.05, 4.69) is 20.2 Å². The molecule has 4 rings (SSSR count). The summed E-state index contributed by atoms with van der Waals surface area (Å²) < 4.78 is 0. The van der Waals surface area contributed by atoms with Gasteiger partial charge in [0.2, 0.25) is 0 Å². The van der Waals surface area contributed by atoms with E-state index in [1.165, 1.54) is 38.5 Å². The highest BCUT2D eigenvalue weighted by molar-refractivity contribution is 5.92. The van der Waals surface area contributed by atoms with Crippen molar-refractivity contribution in [1.82, 2.24) is 14.9 Å². The summed E-state index contributed by atoms with van der Waals surface area (Å²) >= 11 is 0. The molecule has 0 radical (unpaired) electrons. The molecule has 1 aromatic rings. The van der Waals surface area contributed by atoms with Crippen molar-refractivity contribution in [2.24, 2.45) is 5.92 Å². The predicted molar refractivity (Wildman–Crippen MR) is 65.6 cm³/mol. The number of aromatic nitrogens is 2. The van der Waals surface area contributed by atoms with E-state index in [1.54, 1.807) is 0 Å². The number of nitrogens with zero attached hydrogens (tertiary/aromatic N) is 3. The maximum atomic E-state index is 11.1. The van der Waals surface area contributed by atoms with Gasteiger partial charge in [-0.05, 0) is 31.8 Å². The lowest BCUT2D eigenvalue weighted by Crippen LogP contribution is -2.53. The summed E-state index contributed by atoms with van der Waals surface area (Å²) in [5, 5.41) is 12.4. The Bertz CT molecular complexity index is 457. The van der Waals surface area contributed by atoms with Gasteiger partial charge >= 0.3 is 5.97 Å². The molecule has 18 heavy (non-hydrogen) atoms. The van der Waals surface area contributed by atoms with Crippen molar-refractivity contribution in [1.29, 1.82) is 0 Å². The monoisotopic (exact) mass is 248 g/mol. The molecule has 4 heterocycles. The Hall–Kier alpha value is -1.69. The highest BCUT2D eigenvalue weighted by Gasteiger charge is 2.34. The van der Waals surface area contributed by atoms with Crippen LogP contribution in [0, 0.1) is 5.92 Å². The number of carboxylic acids is 1. The fourth-order valence-electron chi connectivity index (χ4n) is 2.91. The van der Waals surface area contributed by atoms with Crippen molar-refractivity contribution < 1.29 is 9.90 Å². The van der Waals surface area contributed by atoms with Gasteiger partial charge in [0.1, 0.15) is 17.7 Å². The van der Waals surface area contributed by atoms with Crippen LogP contribution < -0.4 is 5.32 Å². The fraction of sp³-hybridized carbons (Fsp3) is 0.583. The molecule has 0 aromatic carbocycles. The summed E-state index contributed by atoms with van der Waals surface area (Å²) in [7, 11) is 0. The molecule has 0 amide bonds. The second-order valence-electron chi connectivity index (χ2n) is 4.98. The molecule has 1 unspecified atom stereocenters. The van der Waals surface area contributed by atoms with Crippen LogP contribution in [-0.4, -0.2) is 51.6 Å². The van der Waals surface area contributed by atoms with Gasteiger partial charge in [0.05, 0.1) is 0 Å². The fourth-order valence-corrected chi connectivity index (χ4v) is 2.91. The summed E-state index contributed by atoms with van der Waals surface area (Å²) in [6.07, 6.45) is 5.10. The van der Waals surface area contributed by atoms with Crippen LogP contribution in [0.1, 0.15) is 23.2 Å². The number of rotatable bonds is 3. The molecule has 2 N–H and O–H groups in total. The van der Waals surface area contributed by atoms with Crippen LogP contribution in [-0.2, 0) is 0 Å². The van der Waals surface area contributed by atoms with E-state index in [1.807, 2.05) is 0 Å². The third-order valence-corrected chi connectivity index (χ3v) is 3.92. The zero-order valence-electron chi connectivity index (χ0n) is 10.0. The Labute approximate surface area is 105 Å². The van der Waals surface area contributed by atoms with Crippen molar-refractivity contribution in [2.75, 3.05) is 25.0 Å². The van der Waals surface area contributed by atoms with Gasteiger partial charge in [0, 0.05) is 18.8 Å². The molecule has 1 aromatic heterocycles. The van der Waals surface area contributed by atoms with Crippen molar-refractivity contribution in [3.63, 3.8) is 0 Å². The van der Waals surface area contributed by atoms with Crippen molar-refractivity contribution in [2.45, 2.75) is 18.9 Å². The zero-order chi connectivity index (χ0) is 12.5. The molecule has 0 aliphatic carbocycles. The number of fused-ring (bicyclic) bond motifs is 3. The first-order chi connectivity index (χ1) is 8.74. The van der Waals surface area contributed by atoms with Crippen LogP contribution in [0.15, 0.2) is 12.5 Å². The number of nitrogens with one attached hydrogen (secondary N) is 1. The third-order valence-electron chi connectivity index (χ3n) is 3.92.